The molecule has 3 aromatic rings. The van der Waals surface area contributed by atoms with E-state index in [4.69, 9.17) is 5.11 Å². The highest BCUT2D eigenvalue weighted by Crippen LogP contribution is 2.41. The van der Waals surface area contributed by atoms with Gasteiger partial charge in [0.1, 0.15) is 6.04 Å². The van der Waals surface area contributed by atoms with E-state index in [1.54, 1.807) is 12.3 Å². The van der Waals surface area contributed by atoms with Crippen LogP contribution >= 0.6 is 23.5 Å². The van der Waals surface area contributed by atoms with Crippen LogP contribution < -0.4 is 5.32 Å². The summed E-state index contributed by atoms with van der Waals surface area (Å²) in [6, 6.07) is 13.9. The number of aliphatic carboxylic acids is 1. The van der Waals surface area contributed by atoms with Gasteiger partial charge in [0.05, 0.1) is 20.7 Å². The molecule has 0 amide bonds. The fourth-order valence-corrected chi connectivity index (χ4v) is 5.26. The van der Waals surface area contributed by atoms with Crippen LogP contribution in [0.4, 0.5) is 5.69 Å². The number of rotatable bonds is 5. The first-order chi connectivity index (χ1) is 13.5. The predicted octanol–water partition coefficient (Wildman–Crippen LogP) is 4.08. The van der Waals surface area contributed by atoms with Crippen LogP contribution in [0.2, 0.25) is 0 Å². The lowest BCUT2D eigenvalue weighted by Gasteiger charge is -2.13. The summed E-state index contributed by atoms with van der Waals surface area (Å²) in [7, 11) is 0. The van der Waals surface area contributed by atoms with Gasteiger partial charge >= 0.3 is 5.97 Å². The Morgan fingerprint density at radius 2 is 2.07 bits per heavy atom. The third kappa shape index (κ3) is 3.68. The number of carbonyl (C=O) groups is 1. The SMILES string of the molecule is O=C(O)[C@@H]1CS[C@@H](c2ccc(Sc3cccc4cccnc34)c([N+](=O)[O-])c2)N1. The van der Waals surface area contributed by atoms with Crippen molar-refractivity contribution in [1.29, 1.82) is 0 Å². The summed E-state index contributed by atoms with van der Waals surface area (Å²) in [4.78, 5) is 28.1. The Morgan fingerprint density at radius 1 is 1.25 bits per heavy atom. The van der Waals surface area contributed by atoms with Gasteiger partial charge in [-0.05, 0) is 23.8 Å². The van der Waals surface area contributed by atoms with Gasteiger partial charge in [-0.1, -0.05) is 36.0 Å². The second-order valence-electron chi connectivity index (χ2n) is 6.19. The highest BCUT2D eigenvalue weighted by Gasteiger charge is 2.31. The van der Waals surface area contributed by atoms with E-state index >= 15 is 0 Å². The van der Waals surface area contributed by atoms with E-state index in [1.165, 1.54) is 29.6 Å². The molecule has 7 nitrogen and oxygen atoms in total. The Morgan fingerprint density at radius 3 is 2.82 bits per heavy atom. The van der Waals surface area contributed by atoms with E-state index in [1.807, 2.05) is 36.4 Å². The van der Waals surface area contributed by atoms with Crippen molar-refractivity contribution >= 4 is 46.1 Å². The van der Waals surface area contributed by atoms with Crippen LogP contribution in [0.15, 0.2) is 64.5 Å². The summed E-state index contributed by atoms with van der Waals surface area (Å²) in [5.41, 5.74) is 1.49. The lowest BCUT2D eigenvalue weighted by Crippen LogP contribution is -2.33. The highest BCUT2D eigenvalue weighted by atomic mass is 32.2. The molecule has 2 aromatic carbocycles. The van der Waals surface area contributed by atoms with E-state index in [9.17, 15) is 14.9 Å². The van der Waals surface area contributed by atoms with E-state index in [0.29, 0.717) is 16.2 Å². The Kier molecular flexibility index (Phi) is 5.21. The molecule has 28 heavy (non-hydrogen) atoms. The summed E-state index contributed by atoms with van der Waals surface area (Å²) in [6.45, 7) is 0. The van der Waals surface area contributed by atoms with Crippen LogP contribution in [-0.2, 0) is 4.79 Å². The van der Waals surface area contributed by atoms with E-state index in [2.05, 4.69) is 10.3 Å². The normalized spacial score (nSPS) is 19.0. The molecule has 4 rings (SSSR count). The minimum absolute atomic E-state index is 0.00314. The smallest absolute Gasteiger partial charge is 0.321 e. The van der Waals surface area contributed by atoms with E-state index in [-0.39, 0.29) is 11.1 Å². The Labute approximate surface area is 168 Å². The molecule has 2 atom stereocenters. The molecule has 1 aliphatic heterocycles. The van der Waals surface area contributed by atoms with Crippen molar-refractivity contribution in [3.8, 4) is 0 Å². The average Bonchev–Trinajstić information content (AvgIpc) is 3.19. The zero-order chi connectivity index (χ0) is 19.7. The summed E-state index contributed by atoms with van der Waals surface area (Å²) >= 11 is 2.74. The monoisotopic (exact) mass is 413 g/mol. The molecular formula is C19H15N3O4S2. The van der Waals surface area contributed by atoms with Gasteiger partial charge in [-0.3, -0.25) is 25.2 Å². The number of fused-ring (bicyclic) bond motifs is 1. The van der Waals surface area contributed by atoms with Gasteiger partial charge in [-0.2, -0.15) is 0 Å². The summed E-state index contributed by atoms with van der Waals surface area (Å²) < 4.78 is 0. The molecule has 1 aliphatic rings. The van der Waals surface area contributed by atoms with E-state index in [0.717, 1.165) is 15.8 Å². The molecule has 2 heterocycles. The molecule has 0 saturated carbocycles. The van der Waals surface area contributed by atoms with Crippen LogP contribution in [0.5, 0.6) is 0 Å². The van der Waals surface area contributed by atoms with Crippen LogP contribution in [0.3, 0.4) is 0 Å². The second kappa shape index (κ2) is 7.78. The quantitative estimate of drug-likeness (QED) is 0.476. The molecule has 142 valence electrons. The molecule has 0 spiro atoms. The minimum Gasteiger partial charge on any atom is -0.480 e. The average molecular weight is 413 g/mol. The van der Waals surface area contributed by atoms with Crippen molar-refractivity contribution in [2.45, 2.75) is 21.2 Å². The summed E-state index contributed by atoms with van der Waals surface area (Å²) in [6.07, 6.45) is 1.70. The number of carboxylic acids is 1. The number of thioether (sulfide) groups is 1. The Hall–Kier alpha value is -2.62. The van der Waals surface area contributed by atoms with Crippen molar-refractivity contribution in [2.75, 3.05) is 5.75 Å². The number of nitrogens with zero attached hydrogens (tertiary/aromatic N) is 2. The highest BCUT2D eigenvalue weighted by molar-refractivity contribution is 8.00. The fourth-order valence-electron chi connectivity index (χ4n) is 3.01. The number of benzene rings is 2. The van der Waals surface area contributed by atoms with Crippen molar-refractivity contribution in [3.63, 3.8) is 0 Å². The number of carboxylic acid groups (broad SMARTS) is 1. The lowest BCUT2D eigenvalue weighted by atomic mass is 10.2. The number of hydrogen-bond acceptors (Lipinski definition) is 7. The molecule has 0 radical (unpaired) electrons. The number of nitro groups is 1. The molecule has 1 fully saturated rings. The number of para-hydroxylation sites is 1. The van der Waals surface area contributed by atoms with Crippen LogP contribution in [0, 0.1) is 10.1 Å². The zero-order valence-corrected chi connectivity index (χ0v) is 16.1. The van der Waals surface area contributed by atoms with Gasteiger partial charge < -0.3 is 5.11 Å². The van der Waals surface area contributed by atoms with Crippen molar-refractivity contribution in [2.24, 2.45) is 0 Å². The first-order valence-electron chi connectivity index (χ1n) is 8.43. The predicted molar refractivity (Wildman–Crippen MR) is 109 cm³/mol. The Balaban J connectivity index is 1.66. The van der Waals surface area contributed by atoms with Gasteiger partial charge in [0.15, 0.2) is 0 Å². The second-order valence-corrected chi connectivity index (χ2v) is 8.41. The molecular weight excluding hydrogens is 398 g/mol. The van der Waals surface area contributed by atoms with Crippen LogP contribution in [-0.4, -0.2) is 32.8 Å². The maximum absolute atomic E-state index is 11.7. The maximum atomic E-state index is 11.7. The molecule has 0 aliphatic carbocycles. The Bertz CT molecular complexity index is 1070. The van der Waals surface area contributed by atoms with Gasteiger partial charge in [0.2, 0.25) is 0 Å². The first kappa shape index (κ1) is 18.7. The zero-order valence-electron chi connectivity index (χ0n) is 14.4. The van der Waals surface area contributed by atoms with Gasteiger partial charge in [0.25, 0.3) is 5.69 Å². The minimum atomic E-state index is -0.917. The number of nitro benzene ring substituents is 1. The van der Waals surface area contributed by atoms with Gasteiger partial charge in [0, 0.05) is 28.3 Å². The molecule has 1 saturated heterocycles. The van der Waals surface area contributed by atoms with Crippen molar-refractivity contribution < 1.29 is 14.8 Å². The third-order valence-electron chi connectivity index (χ3n) is 4.38. The van der Waals surface area contributed by atoms with Crippen molar-refractivity contribution in [1.82, 2.24) is 10.3 Å². The number of aromatic nitrogens is 1. The number of nitrogens with one attached hydrogen (secondary N) is 1. The first-order valence-corrected chi connectivity index (χ1v) is 10.3. The number of pyridine rings is 1. The van der Waals surface area contributed by atoms with Gasteiger partial charge in [-0.15, -0.1) is 11.8 Å². The van der Waals surface area contributed by atoms with Crippen molar-refractivity contribution in [3.05, 3.63) is 70.4 Å². The molecule has 2 N–H and O–H groups in total. The van der Waals surface area contributed by atoms with E-state index < -0.39 is 16.9 Å². The van der Waals surface area contributed by atoms with Crippen LogP contribution in [0.25, 0.3) is 10.9 Å². The molecule has 0 bridgehead atoms. The molecule has 1 aromatic heterocycles. The number of hydrogen-bond donors (Lipinski definition) is 2. The molecule has 9 heteroatoms. The third-order valence-corrected chi connectivity index (χ3v) is 6.76. The molecule has 0 unspecified atom stereocenters. The standard InChI is InChI=1S/C19H15N3O4S2/c23-19(24)13-10-27-18(21-13)12-6-7-15(14(9-12)22(25)26)28-16-5-1-3-11-4-2-8-20-17(11)16/h1-9,13,18,21H,10H2,(H,23,24)/t13-,18-/m0/s1. The van der Waals surface area contributed by atoms with Gasteiger partial charge in [-0.25, -0.2) is 0 Å². The maximum Gasteiger partial charge on any atom is 0.321 e. The summed E-state index contributed by atoms with van der Waals surface area (Å²) in [5.74, 6) is -0.494. The summed E-state index contributed by atoms with van der Waals surface area (Å²) in [5, 5.41) is 24.5. The van der Waals surface area contributed by atoms with Crippen LogP contribution in [0.1, 0.15) is 10.9 Å². The lowest BCUT2D eigenvalue weighted by molar-refractivity contribution is -0.387. The largest absolute Gasteiger partial charge is 0.480 e. The fraction of sp³-hybridized carbons (Fsp3) is 0.158. The topological polar surface area (TPSA) is 105 Å².